The minimum Gasteiger partial charge on any atom is -0.301 e. The summed E-state index contributed by atoms with van der Waals surface area (Å²) in [5, 5.41) is 13.7. The number of thiazole rings is 1. The minimum absolute atomic E-state index is 0.0966. The largest absolute Gasteiger partial charge is 0.301 e. The first-order chi connectivity index (χ1) is 13.9. The van der Waals surface area contributed by atoms with Crippen molar-refractivity contribution in [1.29, 1.82) is 0 Å². The number of carbonyl (C=O) groups excluding carboxylic acids is 1. The van der Waals surface area contributed by atoms with Crippen LogP contribution < -0.4 is 5.32 Å². The maximum absolute atomic E-state index is 12.7. The molecule has 0 fully saturated rings. The number of nitrogens with one attached hydrogen (secondary N) is 1. The van der Waals surface area contributed by atoms with E-state index < -0.39 is 9.84 Å². The van der Waals surface area contributed by atoms with Crippen molar-refractivity contribution >= 4 is 44.0 Å². The molecular weight excluding hydrogens is 430 g/mol. The maximum Gasteiger partial charge on any atom is 0.236 e. The molecule has 11 heteroatoms. The van der Waals surface area contributed by atoms with Gasteiger partial charge in [0.25, 0.3) is 0 Å². The fourth-order valence-electron chi connectivity index (χ4n) is 2.42. The van der Waals surface area contributed by atoms with E-state index in [-0.39, 0.29) is 22.3 Å². The van der Waals surface area contributed by atoms with Crippen molar-refractivity contribution in [3.8, 4) is 0 Å². The van der Waals surface area contributed by atoms with Crippen LogP contribution in [0, 0.1) is 6.92 Å². The predicted molar refractivity (Wildman–Crippen MR) is 114 cm³/mol. The molecule has 0 saturated carbocycles. The number of sulfone groups is 1. The molecule has 152 valence electrons. The van der Waals surface area contributed by atoms with E-state index in [1.807, 2.05) is 12.3 Å². The van der Waals surface area contributed by atoms with Crippen LogP contribution in [0.4, 0.5) is 5.13 Å². The monoisotopic (exact) mass is 449 g/mol. The third-order valence-corrected chi connectivity index (χ3v) is 7.20. The molecule has 0 spiro atoms. The van der Waals surface area contributed by atoms with E-state index in [9.17, 15) is 13.2 Å². The van der Waals surface area contributed by atoms with Crippen molar-refractivity contribution in [2.75, 3.05) is 11.1 Å². The van der Waals surface area contributed by atoms with Gasteiger partial charge in [-0.1, -0.05) is 36.0 Å². The maximum atomic E-state index is 12.7. The molecule has 2 aromatic heterocycles. The number of anilines is 1. The van der Waals surface area contributed by atoms with Gasteiger partial charge in [0.05, 0.1) is 16.3 Å². The molecule has 1 aromatic carbocycles. The van der Waals surface area contributed by atoms with Crippen LogP contribution in [0.2, 0.25) is 0 Å². The molecule has 0 aliphatic carbocycles. The van der Waals surface area contributed by atoms with Gasteiger partial charge in [0.2, 0.25) is 5.91 Å². The van der Waals surface area contributed by atoms with Crippen molar-refractivity contribution in [3.05, 3.63) is 59.9 Å². The molecular formula is C18H19N5O3S3. The first-order valence-electron chi connectivity index (χ1n) is 8.54. The molecule has 0 saturated heterocycles. The van der Waals surface area contributed by atoms with Crippen LogP contribution in [-0.4, -0.2) is 39.8 Å². The standard InChI is InChI=1S/C18H19N5O3S3/c1-3-9-23-15(12-29(25,26)14-7-5-4-6-8-14)21-22-18(23)28-11-16(24)20-17-19-13(2)10-27-17/h3-8,10H,1,9,11-12H2,2H3,(H,19,20,24). The van der Waals surface area contributed by atoms with Gasteiger partial charge in [-0.25, -0.2) is 13.4 Å². The van der Waals surface area contributed by atoms with Gasteiger partial charge in [-0.3, -0.25) is 4.79 Å². The third-order valence-electron chi connectivity index (χ3n) is 3.72. The van der Waals surface area contributed by atoms with E-state index in [2.05, 4.69) is 27.1 Å². The first-order valence-corrected chi connectivity index (χ1v) is 12.1. The Morgan fingerprint density at radius 1 is 1.31 bits per heavy atom. The van der Waals surface area contributed by atoms with Gasteiger partial charge < -0.3 is 9.88 Å². The van der Waals surface area contributed by atoms with E-state index in [1.165, 1.54) is 23.1 Å². The van der Waals surface area contributed by atoms with E-state index >= 15 is 0 Å². The molecule has 3 aromatic rings. The van der Waals surface area contributed by atoms with Crippen LogP contribution in [0.3, 0.4) is 0 Å². The Hall–Kier alpha value is -2.50. The predicted octanol–water partition coefficient (Wildman–Crippen LogP) is 2.93. The number of aromatic nitrogens is 4. The van der Waals surface area contributed by atoms with Gasteiger partial charge in [0.15, 0.2) is 20.1 Å². The fraction of sp³-hybridized carbons (Fsp3) is 0.222. The van der Waals surface area contributed by atoms with E-state index in [0.29, 0.717) is 22.7 Å². The lowest BCUT2D eigenvalue weighted by atomic mass is 10.4. The topological polar surface area (TPSA) is 107 Å². The summed E-state index contributed by atoms with van der Waals surface area (Å²) < 4.78 is 27.0. The van der Waals surface area contributed by atoms with Gasteiger partial charge >= 0.3 is 0 Å². The summed E-state index contributed by atoms with van der Waals surface area (Å²) in [6.07, 6.45) is 1.63. The molecule has 3 rings (SSSR count). The highest BCUT2D eigenvalue weighted by Crippen LogP contribution is 2.22. The van der Waals surface area contributed by atoms with Gasteiger partial charge in [0, 0.05) is 11.9 Å². The van der Waals surface area contributed by atoms with Gasteiger partial charge in [-0.15, -0.1) is 28.1 Å². The molecule has 0 aliphatic heterocycles. The third kappa shape index (κ3) is 5.52. The quantitative estimate of drug-likeness (QED) is 0.395. The molecule has 29 heavy (non-hydrogen) atoms. The average molecular weight is 450 g/mol. The summed E-state index contributed by atoms with van der Waals surface area (Å²) in [7, 11) is -3.56. The first kappa shape index (κ1) is 21.2. The van der Waals surface area contributed by atoms with E-state index in [1.54, 1.807) is 41.0 Å². The smallest absolute Gasteiger partial charge is 0.236 e. The molecule has 1 N–H and O–H groups in total. The Bertz CT molecular complexity index is 1110. The van der Waals surface area contributed by atoms with Crippen LogP contribution >= 0.6 is 23.1 Å². The number of hydrogen-bond donors (Lipinski definition) is 1. The normalized spacial score (nSPS) is 11.3. The summed E-state index contributed by atoms with van der Waals surface area (Å²) >= 11 is 2.53. The Labute approximate surface area is 177 Å². The minimum atomic E-state index is -3.56. The SMILES string of the molecule is C=CCn1c(CS(=O)(=O)c2ccccc2)nnc1SCC(=O)Nc1nc(C)cs1. The molecule has 0 radical (unpaired) electrons. The molecule has 1 amide bonds. The molecule has 2 heterocycles. The Kier molecular flexibility index (Phi) is 6.83. The highest BCUT2D eigenvalue weighted by molar-refractivity contribution is 7.99. The van der Waals surface area contributed by atoms with Crippen LogP contribution in [0.25, 0.3) is 0 Å². The number of allylic oxidation sites excluding steroid dienone is 1. The molecule has 0 unspecified atom stereocenters. The second-order valence-electron chi connectivity index (χ2n) is 6.00. The summed E-state index contributed by atoms with van der Waals surface area (Å²) in [4.78, 5) is 16.6. The lowest BCUT2D eigenvalue weighted by Crippen LogP contribution is -2.15. The number of nitrogens with zero attached hydrogens (tertiary/aromatic N) is 4. The fourth-order valence-corrected chi connectivity index (χ4v) is 5.19. The number of carbonyl (C=O) groups is 1. The number of benzene rings is 1. The zero-order valence-corrected chi connectivity index (χ0v) is 18.1. The Morgan fingerprint density at radius 3 is 2.72 bits per heavy atom. The second-order valence-corrected chi connectivity index (χ2v) is 9.79. The van der Waals surface area contributed by atoms with Crippen molar-refractivity contribution in [3.63, 3.8) is 0 Å². The van der Waals surface area contributed by atoms with Crippen LogP contribution in [0.15, 0.2) is 58.4 Å². The van der Waals surface area contributed by atoms with Gasteiger partial charge in [0.1, 0.15) is 11.6 Å². The lowest BCUT2D eigenvalue weighted by molar-refractivity contribution is -0.113. The zero-order valence-electron chi connectivity index (χ0n) is 15.6. The second kappa shape index (κ2) is 9.33. The summed E-state index contributed by atoms with van der Waals surface area (Å²) in [5.41, 5.74) is 0.841. The lowest BCUT2D eigenvalue weighted by Gasteiger charge is -2.08. The number of thioether (sulfide) groups is 1. The van der Waals surface area contributed by atoms with Gasteiger partial charge in [-0.2, -0.15) is 0 Å². The molecule has 0 atom stereocenters. The molecule has 8 nitrogen and oxygen atoms in total. The highest BCUT2D eigenvalue weighted by atomic mass is 32.2. The number of hydrogen-bond acceptors (Lipinski definition) is 8. The van der Waals surface area contributed by atoms with Crippen LogP contribution in [0.5, 0.6) is 0 Å². The van der Waals surface area contributed by atoms with Gasteiger partial charge in [-0.05, 0) is 19.1 Å². The molecule has 0 aliphatic rings. The van der Waals surface area contributed by atoms with Crippen molar-refractivity contribution in [1.82, 2.24) is 19.7 Å². The van der Waals surface area contributed by atoms with Crippen LogP contribution in [0.1, 0.15) is 11.5 Å². The number of aryl methyl sites for hydroxylation is 1. The summed E-state index contributed by atoms with van der Waals surface area (Å²) in [6.45, 7) is 5.89. The van der Waals surface area contributed by atoms with E-state index in [0.717, 1.165) is 5.69 Å². The number of rotatable bonds is 9. The zero-order chi connectivity index (χ0) is 20.9. The summed E-state index contributed by atoms with van der Waals surface area (Å²) in [5.74, 6) is -0.120. The molecule has 0 bridgehead atoms. The number of amides is 1. The average Bonchev–Trinajstić information content (AvgIpc) is 3.27. The van der Waals surface area contributed by atoms with Crippen LogP contribution in [-0.2, 0) is 26.9 Å². The van der Waals surface area contributed by atoms with Crippen molar-refractivity contribution in [2.24, 2.45) is 0 Å². The summed E-state index contributed by atoms with van der Waals surface area (Å²) in [6, 6.07) is 8.19. The van der Waals surface area contributed by atoms with Crippen molar-refractivity contribution in [2.45, 2.75) is 29.3 Å². The Morgan fingerprint density at radius 2 is 2.07 bits per heavy atom. The Balaban J connectivity index is 1.71. The highest BCUT2D eigenvalue weighted by Gasteiger charge is 2.21. The van der Waals surface area contributed by atoms with Crippen molar-refractivity contribution < 1.29 is 13.2 Å². The van der Waals surface area contributed by atoms with E-state index in [4.69, 9.17) is 0 Å².